The number of hydrogen-bond donors (Lipinski definition) is 1. The van der Waals surface area contributed by atoms with Crippen molar-refractivity contribution in [2.24, 2.45) is 0 Å². The number of Topliss-reactive ketones (excluding diaryl/α,β-unsaturated/α-hetero) is 2. The molecular weight excluding hydrogens is 366 g/mol. The van der Waals surface area contributed by atoms with Crippen molar-refractivity contribution in [3.63, 3.8) is 0 Å². The average molecular weight is 389 g/mol. The van der Waals surface area contributed by atoms with Crippen molar-refractivity contribution in [2.75, 3.05) is 6.61 Å². The van der Waals surface area contributed by atoms with Gasteiger partial charge in [-0.3, -0.25) is 14.4 Å². The number of aromatic nitrogens is 1. The first-order chi connectivity index (χ1) is 13.9. The van der Waals surface area contributed by atoms with Crippen LogP contribution in [-0.4, -0.2) is 29.1 Å². The van der Waals surface area contributed by atoms with E-state index >= 15 is 0 Å². The lowest BCUT2D eigenvalue weighted by Crippen LogP contribution is -2.21. The van der Waals surface area contributed by atoms with Crippen LogP contribution in [0.25, 0.3) is 0 Å². The highest BCUT2D eigenvalue weighted by Gasteiger charge is 2.26. The molecule has 5 heteroatoms. The molecule has 0 aliphatic rings. The van der Waals surface area contributed by atoms with E-state index in [0.717, 1.165) is 11.1 Å². The minimum Gasteiger partial charge on any atom is -0.457 e. The third-order valence-corrected chi connectivity index (χ3v) is 4.92. The van der Waals surface area contributed by atoms with Crippen molar-refractivity contribution < 1.29 is 19.1 Å². The Bertz CT molecular complexity index is 996. The molecule has 0 unspecified atom stereocenters. The summed E-state index contributed by atoms with van der Waals surface area (Å²) in [6.07, 6.45) is 0. The van der Waals surface area contributed by atoms with Crippen molar-refractivity contribution in [2.45, 2.75) is 26.7 Å². The number of ether oxygens (including phenoxy) is 1. The van der Waals surface area contributed by atoms with Gasteiger partial charge in [-0.1, -0.05) is 60.7 Å². The zero-order valence-corrected chi connectivity index (χ0v) is 16.7. The van der Waals surface area contributed by atoms with Crippen LogP contribution in [0.1, 0.15) is 56.1 Å². The summed E-state index contributed by atoms with van der Waals surface area (Å²) in [4.78, 5) is 40.3. The Morgan fingerprint density at radius 2 is 1.41 bits per heavy atom. The third-order valence-electron chi connectivity index (χ3n) is 4.92. The van der Waals surface area contributed by atoms with Crippen molar-refractivity contribution in [3.8, 4) is 0 Å². The Hall–Kier alpha value is -3.47. The van der Waals surface area contributed by atoms with E-state index in [2.05, 4.69) is 4.98 Å². The van der Waals surface area contributed by atoms with E-state index in [1.54, 1.807) is 13.8 Å². The van der Waals surface area contributed by atoms with Crippen LogP contribution in [0.15, 0.2) is 60.7 Å². The summed E-state index contributed by atoms with van der Waals surface area (Å²) in [5.41, 5.74) is 3.61. The molecule has 0 spiro atoms. The fourth-order valence-corrected chi connectivity index (χ4v) is 3.60. The van der Waals surface area contributed by atoms with Gasteiger partial charge in [0.2, 0.25) is 5.78 Å². The minimum absolute atomic E-state index is 0.111. The standard InChI is InChI=1S/C24H23NO4/c1-15-21(17(3)26)16(2)25-23(15)20(27)14-29-24(28)22(18-10-6-4-7-11-18)19-12-8-5-9-13-19/h4-13,22,25H,14H2,1-3H3. The number of H-pyrrole nitrogens is 1. The molecule has 0 atom stereocenters. The van der Waals surface area contributed by atoms with Gasteiger partial charge in [0.15, 0.2) is 12.4 Å². The molecule has 0 aliphatic carbocycles. The maximum atomic E-state index is 12.9. The Kier molecular flexibility index (Phi) is 6.07. The summed E-state index contributed by atoms with van der Waals surface area (Å²) in [6.45, 7) is 4.52. The molecule has 0 radical (unpaired) electrons. The monoisotopic (exact) mass is 389 g/mol. The van der Waals surface area contributed by atoms with Crippen LogP contribution < -0.4 is 0 Å². The lowest BCUT2D eigenvalue weighted by Gasteiger charge is -2.16. The smallest absolute Gasteiger partial charge is 0.318 e. The molecule has 1 N–H and O–H groups in total. The largest absolute Gasteiger partial charge is 0.457 e. The van der Waals surface area contributed by atoms with Crippen LogP contribution in [-0.2, 0) is 9.53 Å². The molecule has 1 heterocycles. The second kappa shape index (κ2) is 8.69. The highest BCUT2D eigenvalue weighted by Crippen LogP contribution is 2.26. The van der Waals surface area contributed by atoms with Crippen molar-refractivity contribution >= 4 is 17.5 Å². The maximum Gasteiger partial charge on any atom is 0.318 e. The van der Waals surface area contributed by atoms with E-state index in [-0.39, 0.29) is 11.6 Å². The van der Waals surface area contributed by atoms with Crippen LogP contribution in [0, 0.1) is 13.8 Å². The van der Waals surface area contributed by atoms with Gasteiger partial charge in [-0.05, 0) is 37.5 Å². The van der Waals surface area contributed by atoms with E-state index in [9.17, 15) is 14.4 Å². The Morgan fingerprint density at radius 3 is 1.86 bits per heavy atom. The van der Waals surface area contributed by atoms with Gasteiger partial charge in [0.25, 0.3) is 0 Å². The van der Waals surface area contributed by atoms with Crippen LogP contribution in [0.5, 0.6) is 0 Å². The zero-order valence-electron chi connectivity index (χ0n) is 16.7. The van der Waals surface area contributed by atoms with Gasteiger partial charge < -0.3 is 9.72 Å². The van der Waals surface area contributed by atoms with Crippen molar-refractivity contribution in [3.05, 3.63) is 94.3 Å². The highest BCUT2D eigenvalue weighted by atomic mass is 16.5. The lowest BCUT2D eigenvalue weighted by molar-refractivity contribution is -0.143. The number of carbonyl (C=O) groups is 3. The summed E-state index contributed by atoms with van der Waals surface area (Å²) in [6, 6.07) is 18.6. The van der Waals surface area contributed by atoms with Gasteiger partial charge in [-0.25, -0.2) is 0 Å². The average Bonchev–Trinajstić information content (AvgIpc) is 3.02. The summed E-state index contributed by atoms with van der Waals surface area (Å²) in [7, 11) is 0. The normalized spacial score (nSPS) is 10.8. The van der Waals surface area contributed by atoms with Gasteiger partial charge in [-0.15, -0.1) is 0 Å². The number of aryl methyl sites for hydroxylation is 1. The Labute approximate surface area is 169 Å². The van der Waals surface area contributed by atoms with E-state index in [0.29, 0.717) is 22.5 Å². The fraction of sp³-hybridized carbons (Fsp3) is 0.208. The second-order valence-electron chi connectivity index (χ2n) is 6.97. The molecule has 2 aromatic carbocycles. The number of aromatic amines is 1. The SMILES string of the molecule is CC(=O)c1c(C)[nH]c(C(=O)COC(=O)C(c2ccccc2)c2ccccc2)c1C. The molecule has 0 bridgehead atoms. The van der Waals surface area contributed by atoms with Crippen molar-refractivity contribution in [1.29, 1.82) is 0 Å². The quantitative estimate of drug-likeness (QED) is 0.480. The number of nitrogens with one attached hydrogen (secondary N) is 1. The molecule has 0 aliphatic heterocycles. The molecule has 0 fully saturated rings. The van der Waals surface area contributed by atoms with Crippen LogP contribution in [0.3, 0.4) is 0 Å². The molecule has 0 amide bonds. The van der Waals surface area contributed by atoms with Gasteiger partial charge in [0, 0.05) is 11.3 Å². The number of hydrogen-bond acceptors (Lipinski definition) is 4. The first-order valence-corrected chi connectivity index (χ1v) is 9.40. The predicted octanol–water partition coefficient (Wildman–Crippen LogP) is 4.39. The van der Waals surface area contributed by atoms with E-state index in [4.69, 9.17) is 4.74 Å². The van der Waals surface area contributed by atoms with Gasteiger partial charge in [0.1, 0.15) is 5.92 Å². The van der Waals surface area contributed by atoms with E-state index in [1.807, 2.05) is 60.7 Å². The first-order valence-electron chi connectivity index (χ1n) is 9.40. The second-order valence-corrected chi connectivity index (χ2v) is 6.97. The molecule has 29 heavy (non-hydrogen) atoms. The Morgan fingerprint density at radius 1 is 0.897 bits per heavy atom. The molecule has 1 aromatic heterocycles. The van der Waals surface area contributed by atoms with Gasteiger partial charge >= 0.3 is 5.97 Å². The van der Waals surface area contributed by atoms with E-state index in [1.165, 1.54) is 6.92 Å². The van der Waals surface area contributed by atoms with E-state index < -0.39 is 18.5 Å². The van der Waals surface area contributed by atoms with Gasteiger partial charge in [0.05, 0.1) is 5.69 Å². The Balaban J connectivity index is 1.80. The molecule has 5 nitrogen and oxygen atoms in total. The van der Waals surface area contributed by atoms with Crippen LogP contribution >= 0.6 is 0 Å². The van der Waals surface area contributed by atoms with Crippen molar-refractivity contribution in [1.82, 2.24) is 4.98 Å². The molecule has 0 saturated carbocycles. The third kappa shape index (κ3) is 4.35. The summed E-state index contributed by atoms with van der Waals surface area (Å²) >= 11 is 0. The molecule has 3 rings (SSSR count). The van der Waals surface area contributed by atoms with Crippen LogP contribution in [0.4, 0.5) is 0 Å². The number of rotatable bonds is 7. The topological polar surface area (TPSA) is 76.2 Å². The molecule has 0 saturated heterocycles. The number of esters is 1. The lowest BCUT2D eigenvalue weighted by atomic mass is 9.91. The number of ketones is 2. The fourth-order valence-electron chi connectivity index (χ4n) is 3.60. The summed E-state index contributed by atoms with van der Waals surface area (Å²) in [5.74, 6) is -1.60. The van der Waals surface area contributed by atoms with Gasteiger partial charge in [-0.2, -0.15) is 0 Å². The molecule has 148 valence electrons. The first kappa shape index (κ1) is 20.3. The molecule has 3 aromatic rings. The molecular formula is C24H23NO4. The minimum atomic E-state index is -0.621. The zero-order chi connectivity index (χ0) is 21.0. The summed E-state index contributed by atoms with van der Waals surface area (Å²) < 4.78 is 5.40. The number of benzene rings is 2. The number of carbonyl (C=O) groups excluding carboxylic acids is 3. The summed E-state index contributed by atoms with van der Waals surface area (Å²) in [5, 5.41) is 0. The highest BCUT2D eigenvalue weighted by molar-refractivity contribution is 6.04. The maximum absolute atomic E-state index is 12.9. The van der Waals surface area contributed by atoms with Crippen LogP contribution in [0.2, 0.25) is 0 Å². The predicted molar refractivity (Wildman–Crippen MR) is 110 cm³/mol.